The van der Waals surface area contributed by atoms with Crippen molar-refractivity contribution in [2.75, 3.05) is 34.0 Å². The van der Waals surface area contributed by atoms with Gasteiger partial charge in [0.15, 0.2) is 11.5 Å². The summed E-state index contributed by atoms with van der Waals surface area (Å²) in [6, 6.07) is 3.15. The molecule has 0 aliphatic carbocycles. The Morgan fingerprint density at radius 2 is 1.95 bits per heavy atom. The Labute approximate surface area is 125 Å². The summed E-state index contributed by atoms with van der Waals surface area (Å²) < 4.78 is 43.1. The predicted octanol–water partition coefficient (Wildman–Crippen LogP) is 1.33. The Kier molecular flexibility index (Phi) is 5.08. The highest BCUT2D eigenvalue weighted by Gasteiger charge is 2.23. The molecule has 0 aromatic heterocycles. The number of hydrogen-bond donors (Lipinski definition) is 1. The average Bonchev–Trinajstić information content (AvgIpc) is 2.98. The van der Waals surface area contributed by atoms with Crippen molar-refractivity contribution < 1.29 is 22.6 Å². The third-order valence-corrected chi connectivity index (χ3v) is 5.12. The summed E-state index contributed by atoms with van der Waals surface area (Å²) in [5.41, 5.74) is 0.614. The van der Waals surface area contributed by atoms with Gasteiger partial charge in [0.2, 0.25) is 10.0 Å². The van der Waals surface area contributed by atoms with Crippen molar-refractivity contribution in [1.29, 1.82) is 0 Å². The first-order valence-electron chi connectivity index (χ1n) is 6.78. The first-order chi connectivity index (χ1) is 9.97. The molecule has 0 amide bonds. The standard InChI is InChI=1S/C14H21NO5S/c1-10-6-12(18-2)13(19-3)7-14(10)21(16,17)15-8-11-4-5-20-9-11/h6-7,11,15H,4-5,8-9H2,1-3H3. The molecule has 7 heteroatoms. The van der Waals surface area contributed by atoms with Crippen molar-refractivity contribution in [2.24, 2.45) is 5.92 Å². The van der Waals surface area contributed by atoms with E-state index in [9.17, 15) is 8.42 Å². The molecule has 1 aromatic carbocycles. The molecule has 118 valence electrons. The molecule has 1 aliphatic rings. The minimum absolute atomic E-state index is 0.207. The van der Waals surface area contributed by atoms with E-state index in [4.69, 9.17) is 14.2 Å². The molecule has 6 nitrogen and oxygen atoms in total. The van der Waals surface area contributed by atoms with Crippen LogP contribution < -0.4 is 14.2 Å². The largest absolute Gasteiger partial charge is 0.493 e. The maximum Gasteiger partial charge on any atom is 0.240 e. The van der Waals surface area contributed by atoms with E-state index in [1.807, 2.05) is 0 Å². The number of hydrogen-bond acceptors (Lipinski definition) is 5. The van der Waals surface area contributed by atoms with Crippen LogP contribution in [-0.2, 0) is 14.8 Å². The molecule has 2 rings (SSSR count). The Balaban J connectivity index is 2.22. The van der Waals surface area contributed by atoms with Gasteiger partial charge in [0.05, 0.1) is 25.7 Å². The van der Waals surface area contributed by atoms with Crippen LogP contribution in [0.3, 0.4) is 0 Å². The van der Waals surface area contributed by atoms with Gasteiger partial charge >= 0.3 is 0 Å². The van der Waals surface area contributed by atoms with Crippen LogP contribution in [0, 0.1) is 12.8 Å². The minimum Gasteiger partial charge on any atom is -0.493 e. The van der Waals surface area contributed by atoms with Gasteiger partial charge in [-0.3, -0.25) is 0 Å². The molecule has 1 atom stereocenters. The predicted molar refractivity (Wildman–Crippen MR) is 78.4 cm³/mol. The Morgan fingerprint density at radius 3 is 2.52 bits per heavy atom. The van der Waals surface area contributed by atoms with Gasteiger partial charge in [0.1, 0.15) is 0 Å². The Bertz CT molecular complexity index is 594. The highest BCUT2D eigenvalue weighted by molar-refractivity contribution is 7.89. The van der Waals surface area contributed by atoms with Crippen LogP contribution in [0.4, 0.5) is 0 Å². The first-order valence-corrected chi connectivity index (χ1v) is 8.26. The quantitative estimate of drug-likeness (QED) is 0.857. The molecule has 1 unspecified atom stereocenters. The molecule has 0 radical (unpaired) electrons. The summed E-state index contributed by atoms with van der Waals surface area (Å²) in [6.45, 7) is 3.42. The molecule has 1 fully saturated rings. The van der Waals surface area contributed by atoms with E-state index >= 15 is 0 Å². The van der Waals surface area contributed by atoms with E-state index in [1.165, 1.54) is 20.3 Å². The lowest BCUT2D eigenvalue weighted by Crippen LogP contribution is -2.30. The number of nitrogens with one attached hydrogen (secondary N) is 1. The monoisotopic (exact) mass is 315 g/mol. The van der Waals surface area contributed by atoms with Gasteiger partial charge in [-0.15, -0.1) is 0 Å². The van der Waals surface area contributed by atoms with Crippen LogP contribution in [0.15, 0.2) is 17.0 Å². The van der Waals surface area contributed by atoms with E-state index in [0.29, 0.717) is 36.8 Å². The van der Waals surface area contributed by atoms with Crippen LogP contribution in [0.5, 0.6) is 11.5 Å². The number of benzene rings is 1. The molecule has 0 spiro atoms. The number of rotatable bonds is 6. The lowest BCUT2D eigenvalue weighted by atomic mass is 10.1. The first kappa shape index (κ1) is 16.1. The van der Waals surface area contributed by atoms with Crippen LogP contribution in [0.25, 0.3) is 0 Å². The zero-order valence-corrected chi connectivity index (χ0v) is 13.3. The molecule has 1 aromatic rings. The number of methoxy groups -OCH3 is 2. The molecule has 0 saturated carbocycles. The molecular weight excluding hydrogens is 294 g/mol. The fraction of sp³-hybridized carbons (Fsp3) is 0.571. The van der Waals surface area contributed by atoms with E-state index < -0.39 is 10.0 Å². The number of sulfonamides is 1. The van der Waals surface area contributed by atoms with E-state index in [-0.39, 0.29) is 10.8 Å². The molecular formula is C14H21NO5S. The average molecular weight is 315 g/mol. The molecule has 1 aliphatic heterocycles. The normalized spacial score (nSPS) is 18.7. The van der Waals surface area contributed by atoms with Gasteiger partial charge in [0.25, 0.3) is 0 Å². The van der Waals surface area contributed by atoms with E-state index in [0.717, 1.165) is 6.42 Å². The van der Waals surface area contributed by atoms with Crippen molar-refractivity contribution in [2.45, 2.75) is 18.2 Å². The van der Waals surface area contributed by atoms with Gasteiger partial charge in [-0.25, -0.2) is 13.1 Å². The molecule has 1 N–H and O–H groups in total. The third kappa shape index (κ3) is 3.66. The molecule has 1 heterocycles. The Morgan fingerprint density at radius 1 is 1.29 bits per heavy atom. The maximum absolute atomic E-state index is 12.4. The van der Waals surface area contributed by atoms with Crippen molar-refractivity contribution >= 4 is 10.0 Å². The topological polar surface area (TPSA) is 73.9 Å². The molecule has 21 heavy (non-hydrogen) atoms. The SMILES string of the molecule is COc1cc(C)c(S(=O)(=O)NCC2CCOC2)cc1OC. The second kappa shape index (κ2) is 6.64. The fourth-order valence-corrected chi connectivity index (χ4v) is 3.66. The second-order valence-electron chi connectivity index (χ2n) is 5.05. The van der Waals surface area contributed by atoms with Crippen LogP contribution >= 0.6 is 0 Å². The van der Waals surface area contributed by atoms with Crippen LogP contribution in [0.2, 0.25) is 0 Å². The maximum atomic E-state index is 12.4. The third-order valence-electron chi connectivity index (χ3n) is 3.56. The number of ether oxygens (including phenoxy) is 3. The Hall–Kier alpha value is -1.31. The van der Waals surface area contributed by atoms with Crippen molar-refractivity contribution in [1.82, 2.24) is 4.72 Å². The number of aryl methyl sites for hydroxylation is 1. The summed E-state index contributed by atoms with van der Waals surface area (Å²) in [5.74, 6) is 1.14. The summed E-state index contributed by atoms with van der Waals surface area (Å²) >= 11 is 0. The fourth-order valence-electron chi connectivity index (χ4n) is 2.30. The summed E-state index contributed by atoms with van der Waals surface area (Å²) in [7, 11) is -0.580. The molecule has 1 saturated heterocycles. The van der Waals surface area contributed by atoms with Crippen molar-refractivity contribution in [3.05, 3.63) is 17.7 Å². The second-order valence-corrected chi connectivity index (χ2v) is 6.79. The van der Waals surface area contributed by atoms with E-state index in [1.54, 1.807) is 13.0 Å². The van der Waals surface area contributed by atoms with Gasteiger partial charge in [-0.1, -0.05) is 0 Å². The lowest BCUT2D eigenvalue weighted by molar-refractivity contribution is 0.186. The van der Waals surface area contributed by atoms with Gasteiger partial charge in [-0.2, -0.15) is 0 Å². The molecule has 0 bridgehead atoms. The van der Waals surface area contributed by atoms with Gasteiger partial charge in [-0.05, 0) is 30.9 Å². The van der Waals surface area contributed by atoms with E-state index in [2.05, 4.69) is 4.72 Å². The zero-order valence-electron chi connectivity index (χ0n) is 12.5. The van der Waals surface area contributed by atoms with Crippen LogP contribution in [-0.4, -0.2) is 42.4 Å². The van der Waals surface area contributed by atoms with Gasteiger partial charge < -0.3 is 14.2 Å². The van der Waals surface area contributed by atoms with Gasteiger partial charge in [0, 0.05) is 19.2 Å². The summed E-state index contributed by atoms with van der Waals surface area (Å²) in [6.07, 6.45) is 0.882. The highest BCUT2D eigenvalue weighted by Crippen LogP contribution is 2.32. The highest BCUT2D eigenvalue weighted by atomic mass is 32.2. The zero-order chi connectivity index (χ0) is 15.5. The smallest absolute Gasteiger partial charge is 0.240 e. The summed E-state index contributed by atoms with van der Waals surface area (Å²) in [4.78, 5) is 0.207. The lowest BCUT2D eigenvalue weighted by Gasteiger charge is -2.15. The van der Waals surface area contributed by atoms with Crippen molar-refractivity contribution in [3.8, 4) is 11.5 Å². The van der Waals surface area contributed by atoms with Crippen molar-refractivity contribution in [3.63, 3.8) is 0 Å². The van der Waals surface area contributed by atoms with Crippen LogP contribution in [0.1, 0.15) is 12.0 Å². The minimum atomic E-state index is -3.58. The summed E-state index contributed by atoms with van der Waals surface area (Å²) in [5, 5.41) is 0.